The predicted octanol–water partition coefficient (Wildman–Crippen LogP) is 1.71. The highest BCUT2D eigenvalue weighted by Gasteiger charge is 2.11. The lowest BCUT2D eigenvalue weighted by molar-refractivity contribution is -0.117. The van der Waals surface area contributed by atoms with Crippen LogP contribution >= 0.6 is 0 Å². The number of carbonyl (C=O) groups excluding carboxylic acids is 1. The molecule has 3 N–H and O–H groups in total. The first kappa shape index (κ1) is 13.0. The normalized spacial score (nSPS) is 11.8. The molecule has 2 aromatic rings. The maximum Gasteiger partial charge on any atom is 0.241 e. The van der Waals surface area contributed by atoms with Gasteiger partial charge in [0, 0.05) is 18.1 Å². The van der Waals surface area contributed by atoms with Crippen LogP contribution in [0.5, 0.6) is 0 Å². The number of nitrogens with two attached hydrogens (primary N) is 1. The highest BCUT2D eigenvalue weighted by Crippen LogP contribution is 2.14. The van der Waals surface area contributed by atoms with E-state index in [0.717, 1.165) is 5.69 Å². The molecule has 1 atom stereocenters. The number of aromatic nitrogens is 2. The van der Waals surface area contributed by atoms with Crippen molar-refractivity contribution >= 4 is 11.6 Å². The van der Waals surface area contributed by atoms with E-state index in [1.54, 1.807) is 17.0 Å². The molecule has 19 heavy (non-hydrogen) atoms. The minimum absolute atomic E-state index is 0.225. The lowest BCUT2D eigenvalue weighted by atomic mass is 10.2. The molecule has 0 aliphatic carbocycles. The van der Waals surface area contributed by atoms with Crippen LogP contribution in [0, 0.1) is 0 Å². The van der Waals surface area contributed by atoms with E-state index in [1.807, 2.05) is 36.5 Å². The summed E-state index contributed by atoms with van der Waals surface area (Å²) < 4.78 is 1.72. The summed E-state index contributed by atoms with van der Waals surface area (Å²) in [4.78, 5) is 11.8. The molecule has 0 fully saturated rings. The van der Waals surface area contributed by atoms with Gasteiger partial charge in [-0.05, 0) is 30.7 Å². The Morgan fingerprint density at radius 3 is 3.05 bits per heavy atom. The Morgan fingerprint density at radius 2 is 2.37 bits per heavy atom. The van der Waals surface area contributed by atoms with Gasteiger partial charge in [-0.3, -0.25) is 4.79 Å². The number of rotatable bonds is 5. The van der Waals surface area contributed by atoms with Crippen LogP contribution in [0.4, 0.5) is 5.69 Å². The molecular weight excluding hydrogens is 240 g/mol. The van der Waals surface area contributed by atoms with E-state index in [-0.39, 0.29) is 5.91 Å². The van der Waals surface area contributed by atoms with E-state index in [9.17, 15) is 4.79 Å². The Balaban J connectivity index is 2.11. The summed E-state index contributed by atoms with van der Waals surface area (Å²) in [5.74, 6) is -0.225. The van der Waals surface area contributed by atoms with Crippen molar-refractivity contribution in [3.63, 3.8) is 0 Å². The van der Waals surface area contributed by atoms with Gasteiger partial charge in [-0.25, -0.2) is 4.68 Å². The van der Waals surface area contributed by atoms with Gasteiger partial charge in [0.2, 0.25) is 5.91 Å². The van der Waals surface area contributed by atoms with Crippen molar-refractivity contribution in [2.24, 2.45) is 5.73 Å². The number of amides is 1. The smallest absolute Gasteiger partial charge is 0.241 e. The number of nitrogens with one attached hydrogen (secondary N) is 1. The van der Waals surface area contributed by atoms with Gasteiger partial charge in [0.1, 0.15) is 0 Å². The third-order valence-corrected chi connectivity index (χ3v) is 2.64. The second kappa shape index (κ2) is 5.97. The maximum absolute atomic E-state index is 11.8. The van der Waals surface area contributed by atoms with Gasteiger partial charge in [-0.15, -0.1) is 6.58 Å². The molecular formula is C14H16N4O. The lowest BCUT2D eigenvalue weighted by Crippen LogP contribution is -2.35. The van der Waals surface area contributed by atoms with Crippen molar-refractivity contribution in [2.45, 2.75) is 12.5 Å². The van der Waals surface area contributed by atoms with E-state index in [1.165, 1.54) is 0 Å². The first-order chi connectivity index (χ1) is 9.20. The average molecular weight is 256 g/mol. The second-order valence-corrected chi connectivity index (χ2v) is 4.12. The Kier molecular flexibility index (Phi) is 4.10. The van der Waals surface area contributed by atoms with Gasteiger partial charge < -0.3 is 11.1 Å². The number of hydrogen-bond donors (Lipinski definition) is 2. The van der Waals surface area contributed by atoms with Crippen LogP contribution in [0.15, 0.2) is 55.4 Å². The molecule has 1 amide bonds. The van der Waals surface area contributed by atoms with Crippen molar-refractivity contribution in [3.8, 4) is 5.69 Å². The van der Waals surface area contributed by atoms with E-state index < -0.39 is 6.04 Å². The van der Waals surface area contributed by atoms with Crippen LogP contribution in [-0.4, -0.2) is 21.7 Å². The molecule has 5 nitrogen and oxygen atoms in total. The number of carbonyl (C=O) groups is 1. The summed E-state index contributed by atoms with van der Waals surface area (Å²) >= 11 is 0. The molecule has 5 heteroatoms. The molecule has 0 aliphatic heterocycles. The third-order valence-electron chi connectivity index (χ3n) is 2.64. The Labute approximate surface area is 111 Å². The van der Waals surface area contributed by atoms with Crippen molar-refractivity contribution in [3.05, 3.63) is 55.4 Å². The molecule has 1 aromatic heterocycles. The number of nitrogens with zero attached hydrogens (tertiary/aromatic N) is 2. The van der Waals surface area contributed by atoms with E-state index >= 15 is 0 Å². The summed E-state index contributed by atoms with van der Waals surface area (Å²) in [6.07, 6.45) is 5.62. The zero-order valence-electron chi connectivity index (χ0n) is 10.5. The van der Waals surface area contributed by atoms with Crippen LogP contribution in [0.2, 0.25) is 0 Å². The first-order valence-corrected chi connectivity index (χ1v) is 5.98. The largest absolute Gasteiger partial charge is 0.325 e. The van der Waals surface area contributed by atoms with Crippen LogP contribution in [-0.2, 0) is 4.79 Å². The van der Waals surface area contributed by atoms with E-state index in [2.05, 4.69) is 17.0 Å². The molecule has 0 saturated heterocycles. The Hall–Kier alpha value is -2.40. The molecule has 1 unspecified atom stereocenters. The Bertz CT molecular complexity index is 563. The first-order valence-electron chi connectivity index (χ1n) is 5.98. The monoisotopic (exact) mass is 256 g/mol. The van der Waals surface area contributed by atoms with Crippen molar-refractivity contribution in [1.82, 2.24) is 9.78 Å². The summed E-state index contributed by atoms with van der Waals surface area (Å²) in [6.45, 7) is 3.57. The van der Waals surface area contributed by atoms with E-state index in [4.69, 9.17) is 5.73 Å². The Morgan fingerprint density at radius 1 is 1.53 bits per heavy atom. The molecule has 0 saturated carbocycles. The fraction of sp³-hybridized carbons (Fsp3) is 0.143. The standard InChI is InChI=1S/C14H16N4O/c1-2-5-13(15)14(19)17-11-6-3-7-12(10-11)18-9-4-8-16-18/h2-4,6-10,13H,1,5,15H2,(H,17,19). The highest BCUT2D eigenvalue weighted by atomic mass is 16.2. The molecule has 0 spiro atoms. The van der Waals surface area contributed by atoms with Crippen LogP contribution in [0.25, 0.3) is 5.69 Å². The van der Waals surface area contributed by atoms with Gasteiger partial charge >= 0.3 is 0 Å². The van der Waals surface area contributed by atoms with Crippen molar-refractivity contribution in [1.29, 1.82) is 0 Å². The summed E-state index contributed by atoms with van der Waals surface area (Å²) in [5, 5.41) is 6.91. The summed E-state index contributed by atoms with van der Waals surface area (Å²) in [7, 11) is 0. The van der Waals surface area contributed by atoms with Gasteiger partial charge in [0.05, 0.1) is 11.7 Å². The topological polar surface area (TPSA) is 72.9 Å². The fourth-order valence-corrected chi connectivity index (χ4v) is 1.67. The van der Waals surface area contributed by atoms with Crippen LogP contribution < -0.4 is 11.1 Å². The van der Waals surface area contributed by atoms with Gasteiger partial charge in [-0.2, -0.15) is 5.10 Å². The highest BCUT2D eigenvalue weighted by molar-refractivity contribution is 5.94. The molecule has 0 bridgehead atoms. The maximum atomic E-state index is 11.8. The van der Waals surface area contributed by atoms with Gasteiger partial charge in [-0.1, -0.05) is 12.1 Å². The lowest BCUT2D eigenvalue weighted by Gasteiger charge is -2.11. The number of benzene rings is 1. The van der Waals surface area contributed by atoms with Gasteiger partial charge in [0.15, 0.2) is 0 Å². The zero-order chi connectivity index (χ0) is 13.7. The van der Waals surface area contributed by atoms with E-state index in [0.29, 0.717) is 12.1 Å². The quantitative estimate of drug-likeness (QED) is 0.800. The minimum Gasteiger partial charge on any atom is -0.325 e. The molecule has 2 rings (SSSR count). The SMILES string of the molecule is C=CCC(N)C(=O)Nc1cccc(-n2cccn2)c1. The molecule has 1 aromatic carbocycles. The third kappa shape index (κ3) is 3.29. The summed E-state index contributed by atoms with van der Waals surface area (Å²) in [5.41, 5.74) is 7.27. The molecule has 0 aliphatic rings. The van der Waals surface area contributed by atoms with Crippen LogP contribution in [0.1, 0.15) is 6.42 Å². The van der Waals surface area contributed by atoms with Crippen molar-refractivity contribution < 1.29 is 4.79 Å². The molecule has 1 heterocycles. The predicted molar refractivity (Wildman–Crippen MR) is 75.0 cm³/mol. The minimum atomic E-state index is -0.578. The summed E-state index contributed by atoms with van der Waals surface area (Å²) in [6, 6.07) is 8.67. The second-order valence-electron chi connectivity index (χ2n) is 4.12. The number of anilines is 1. The number of hydrogen-bond acceptors (Lipinski definition) is 3. The molecule has 98 valence electrons. The molecule has 0 radical (unpaired) electrons. The van der Waals surface area contributed by atoms with Crippen molar-refractivity contribution in [2.75, 3.05) is 5.32 Å². The van der Waals surface area contributed by atoms with Crippen LogP contribution in [0.3, 0.4) is 0 Å². The van der Waals surface area contributed by atoms with Gasteiger partial charge in [0.25, 0.3) is 0 Å². The fourth-order valence-electron chi connectivity index (χ4n) is 1.67. The average Bonchev–Trinajstić information content (AvgIpc) is 2.93. The zero-order valence-corrected chi connectivity index (χ0v) is 10.5.